The van der Waals surface area contributed by atoms with Crippen LogP contribution in [0.5, 0.6) is 0 Å². The molecule has 1 unspecified atom stereocenters. The summed E-state index contributed by atoms with van der Waals surface area (Å²) >= 11 is 5.99. The molecule has 1 aliphatic carbocycles. The second-order valence-electron chi connectivity index (χ2n) is 6.54. The summed E-state index contributed by atoms with van der Waals surface area (Å²) in [6, 6.07) is 5.20. The molecule has 1 saturated heterocycles. The number of nitrogens with one attached hydrogen (secondary N) is 1. The van der Waals surface area contributed by atoms with Gasteiger partial charge in [-0.25, -0.2) is 0 Å². The predicted octanol–water partition coefficient (Wildman–Crippen LogP) is 3.35. The van der Waals surface area contributed by atoms with Crippen LogP contribution in [0.4, 0.5) is 0 Å². The molecule has 1 fully saturated rings. The van der Waals surface area contributed by atoms with Gasteiger partial charge < -0.3 is 9.72 Å². The van der Waals surface area contributed by atoms with Crippen molar-refractivity contribution in [2.45, 2.75) is 25.7 Å². The van der Waals surface area contributed by atoms with Gasteiger partial charge in [0.15, 0.2) is 5.78 Å². The highest BCUT2D eigenvalue weighted by Gasteiger charge is 2.34. The van der Waals surface area contributed by atoms with Gasteiger partial charge in [0, 0.05) is 41.3 Å². The number of ether oxygens (including phenoxy) is 1. The van der Waals surface area contributed by atoms with Crippen LogP contribution >= 0.6 is 11.6 Å². The maximum atomic E-state index is 12.7. The van der Waals surface area contributed by atoms with Crippen LogP contribution in [0.15, 0.2) is 23.0 Å². The van der Waals surface area contributed by atoms with Crippen LogP contribution in [-0.2, 0) is 11.2 Å². The molecular weight excluding hydrogens is 314 g/mol. The number of aromatic amines is 1. The third-order valence-corrected chi connectivity index (χ3v) is 5.40. The Balaban J connectivity index is 1.78. The van der Waals surface area contributed by atoms with Crippen LogP contribution in [0, 0.1) is 11.8 Å². The molecule has 0 spiro atoms. The highest BCUT2D eigenvalue weighted by Crippen LogP contribution is 2.34. The summed E-state index contributed by atoms with van der Waals surface area (Å²) in [5.41, 5.74) is 1.69. The van der Waals surface area contributed by atoms with E-state index in [0.717, 1.165) is 43.7 Å². The summed E-state index contributed by atoms with van der Waals surface area (Å²) in [4.78, 5) is 28.6. The molecule has 2 heterocycles. The number of rotatable bonds is 1. The van der Waals surface area contributed by atoms with E-state index in [1.807, 2.05) is 6.07 Å². The van der Waals surface area contributed by atoms with Crippen molar-refractivity contribution in [1.82, 2.24) is 4.98 Å². The SMILES string of the molecule is O=C1CC(C2CCOCC2)Cc2[nH]c3ccc(Cl)cc3c(=O)c21. The lowest BCUT2D eigenvalue weighted by Gasteiger charge is -2.33. The summed E-state index contributed by atoms with van der Waals surface area (Å²) in [7, 11) is 0. The Hall–Kier alpha value is -1.65. The number of hydrogen-bond acceptors (Lipinski definition) is 3. The van der Waals surface area contributed by atoms with Gasteiger partial charge in [-0.15, -0.1) is 0 Å². The minimum atomic E-state index is -0.188. The van der Waals surface area contributed by atoms with E-state index in [4.69, 9.17) is 16.3 Å². The van der Waals surface area contributed by atoms with E-state index < -0.39 is 0 Å². The molecule has 1 N–H and O–H groups in total. The van der Waals surface area contributed by atoms with Gasteiger partial charge in [0.25, 0.3) is 0 Å². The Kier molecular flexibility index (Phi) is 3.74. The van der Waals surface area contributed by atoms with E-state index in [0.29, 0.717) is 34.2 Å². The largest absolute Gasteiger partial charge is 0.381 e. The standard InChI is InChI=1S/C18H18ClNO3/c19-12-1-2-14-13(9-12)18(22)17-15(20-14)7-11(8-16(17)21)10-3-5-23-6-4-10/h1-2,9-11H,3-8H2,(H,20,22). The Labute approximate surface area is 138 Å². The Morgan fingerprint density at radius 2 is 1.87 bits per heavy atom. The average molecular weight is 332 g/mol. The summed E-state index contributed by atoms with van der Waals surface area (Å²) in [5, 5.41) is 1.00. The lowest BCUT2D eigenvalue weighted by atomic mass is 9.75. The van der Waals surface area contributed by atoms with E-state index in [1.54, 1.807) is 12.1 Å². The molecule has 2 aliphatic rings. The zero-order valence-electron chi connectivity index (χ0n) is 12.7. The van der Waals surface area contributed by atoms with Crippen LogP contribution in [0.3, 0.4) is 0 Å². The van der Waals surface area contributed by atoms with Crippen molar-refractivity contribution in [2.75, 3.05) is 13.2 Å². The second-order valence-corrected chi connectivity index (χ2v) is 6.98. The molecule has 0 radical (unpaired) electrons. The zero-order valence-corrected chi connectivity index (χ0v) is 13.5. The molecule has 2 aromatic rings. The molecule has 120 valence electrons. The number of ketones is 1. The quantitative estimate of drug-likeness (QED) is 0.871. The zero-order chi connectivity index (χ0) is 16.0. The maximum Gasteiger partial charge on any atom is 0.200 e. The Morgan fingerprint density at radius 3 is 2.65 bits per heavy atom. The van der Waals surface area contributed by atoms with Gasteiger partial charge in [0.1, 0.15) is 0 Å². The fourth-order valence-corrected chi connectivity index (χ4v) is 4.13. The number of benzene rings is 1. The Bertz CT molecular complexity index is 836. The number of halogens is 1. The molecule has 1 aromatic heterocycles. The first-order valence-corrected chi connectivity index (χ1v) is 8.46. The van der Waals surface area contributed by atoms with Crippen molar-refractivity contribution in [2.24, 2.45) is 11.8 Å². The maximum absolute atomic E-state index is 12.7. The number of aromatic nitrogens is 1. The number of H-pyrrole nitrogens is 1. The average Bonchev–Trinajstić information content (AvgIpc) is 2.56. The molecule has 0 bridgehead atoms. The van der Waals surface area contributed by atoms with Crippen molar-refractivity contribution in [3.8, 4) is 0 Å². The summed E-state index contributed by atoms with van der Waals surface area (Å²) in [6.07, 6.45) is 3.23. The van der Waals surface area contributed by atoms with E-state index in [1.165, 1.54) is 0 Å². The van der Waals surface area contributed by atoms with Crippen LogP contribution in [-0.4, -0.2) is 24.0 Å². The molecule has 4 nitrogen and oxygen atoms in total. The number of pyridine rings is 1. The third kappa shape index (κ3) is 2.60. The first-order chi connectivity index (χ1) is 11.1. The fourth-order valence-electron chi connectivity index (χ4n) is 3.95. The van der Waals surface area contributed by atoms with E-state index in [2.05, 4.69) is 4.98 Å². The molecule has 5 heteroatoms. The molecule has 23 heavy (non-hydrogen) atoms. The number of fused-ring (bicyclic) bond motifs is 2. The molecular formula is C18H18ClNO3. The van der Waals surface area contributed by atoms with Crippen molar-refractivity contribution >= 4 is 28.3 Å². The van der Waals surface area contributed by atoms with Crippen molar-refractivity contribution in [3.63, 3.8) is 0 Å². The lowest BCUT2D eigenvalue weighted by molar-refractivity contribution is 0.0423. The number of carbonyl (C=O) groups is 1. The second kappa shape index (κ2) is 5.77. The van der Waals surface area contributed by atoms with Gasteiger partial charge in [0.2, 0.25) is 5.43 Å². The summed E-state index contributed by atoms with van der Waals surface area (Å²) in [6.45, 7) is 1.55. The minimum Gasteiger partial charge on any atom is -0.381 e. The van der Waals surface area contributed by atoms with Gasteiger partial charge >= 0.3 is 0 Å². The van der Waals surface area contributed by atoms with Gasteiger partial charge in [-0.1, -0.05) is 11.6 Å². The molecule has 1 atom stereocenters. The smallest absolute Gasteiger partial charge is 0.200 e. The van der Waals surface area contributed by atoms with Gasteiger partial charge in [-0.2, -0.15) is 0 Å². The molecule has 0 amide bonds. The predicted molar refractivity (Wildman–Crippen MR) is 89.3 cm³/mol. The van der Waals surface area contributed by atoms with Crippen molar-refractivity contribution in [1.29, 1.82) is 0 Å². The van der Waals surface area contributed by atoms with E-state index in [9.17, 15) is 9.59 Å². The monoisotopic (exact) mass is 331 g/mol. The molecule has 4 rings (SSSR count). The number of Topliss-reactive ketones (excluding diaryl/α,β-unsaturated/α-hetero) is 1. The van der Waals surface area contributed by atoms with E-state index >= 15 is 0 Å². The Morgan fingerprint density at radius 1 is 1.09 bits per heavy atom. The van der Waals surface area contributed by atoms with Crippen LogP contribution in [0.2, 0.25) is 5.02 Å². The number of hydrogen-bond donors (Lipinski definition) is 1. The molecule has 1 aliphatic heterocycles. The minimum absolute atomic E-state index is 0.0362. The van der Waals surface area contributed by atoms with Gasteiger partial charge in [-0.3, -0.25) is 9.59 Å². The van der Waals surface area contributed by atoms with Crippen molar-refractivity contribution < 1.29 is 9.53 Å². The van der Waals surface area contributed by atoms with E-state index in [-0.39, 0.29) is 11.2 Å². The fraction of sp³-hybridized carbons (Fsp3) is 0.444. The topological polar surface area (TPSA) is 59.2 Å². The highest BCUT2D eigenvalue weighted by atomic mass is 35.5. The first kappa shape index (κ1) is 14.9. The molecule has 1 aromatic carbocycles. The highest BCUT2D eigenvalue weighted by molar-refractivity contribution is 6.31. The first-order valence-electron chi connectivity index (χ1n) is 8.09. The molecule has 0 saturated carbocycles. The van der Waals surface area contributed by atoms with Crippen LogP contribution < -0.4 is 5.43 Å². The summed E-state index contributed by atoms with van der Waals surface area (Å²) in [5.74, 6) is 0.774. The van der Waals surface area contributed by atoms with Gasteiger partial charge in [0.05, 0.1) is 5.56 Å². The normalized spacial score (nSPS) is 22.3. The van der Waals surface area contributed by atoms with Crippen LogP contribution in [0.25, 0.3) is 10.9 Å². The lowest BCUT2D eigenvalue weighted by Crippen LogP contribution is -2.34. The van der Waals surface area contributed by atoms with Gasteiger partial charge in [-0.05, 0) is 49.3 Å². The van der Waals surface area contributed by atoms with Crippen LogP contribution in [0.1, 0.15) is 35.3 Å². The number of carbonyl (C=O) groups excluding carboxylic acids is 1. The van der Waals surface area contributed by atoms with Crippen molar-refractivity contribution in [3.05, 3.63) is 44.7 Å². The summed E-state index contributed by atoms with van der Waals surface area (Å²) < 4.78 is 5.42. The third-order valence-electron chi connectivity index (χ3n) is 5.17.